The van der Waals surface area contributed by atoms with Gasteiger partial charge in [0.25, 0.3) is 5.91 Å². The largest absolute Gasteiger partial charge is 0.444 e. The lowest BCUT2D eigenvalue weighted by Crippen LogP contribution is -2.47. The number of hydrogen-bond donors (Lipinski definition) is 2. The van der Waals surface area contributed by atoms with E-state index in [1.807, 2.05) is 38.1 Å². The maximum atomic E-state index is 13.2. The van der Waals surface area contributed by atoms with Gasteiger partial charge in [0.05, 0.1) is 17.3 Å². The molecular weight excluding hydrogens is 436 g/mol. The van der Waals surface area contributed by atoms with E-state index in [2.05, 4.69) is 20.9 Å². The van der Waals surface area contributed by atoms with E-state index in [1.165, 1.54) is 0 Å². The van der Waals surface area contributed by atoms with Crippen LogP contribution in [0.25, 0.3) is 5.69 Å². The summed E-state index contributed by atoms with van der Waals surface area (Å²) in [4.78, 5) is 39.1. The summed E-state index contributed by atoms with van der Waals surface area (Å²) in [6.45, 7) is 10.6. The minimum atomic E-state index is -0.574. The van der Waals surface area contributed by atoms with E-state index in [0.29, 0.717) is 30.9 Å². The summed E-state index contributed by atoms with van der Waals surface area (Å²) in [6, 6.07) is 7.83. The van der Waals surface area contributed by atoms with Gasteiger partial charge >= 0.3 is 6.09 Å². The number of carbonyl (C=O) groups is 3. The maximum absolute atomic E-state index is 13.2. The number of nitrogens with zero attached hydrogens (tertiary/aromatic N) is 4. The second kappa shape index (κ2) is 10.7. The molecule has 1 fully saturated rings. The summed E-state index contributed by atoms with van der Waals surface area (Å²) in [5, 5.41) is 13.7. The Morgan fingerprint density at radius 2 is 1.76 bits per heavy atom. The van der Waals surface area contributed by atoms with Gasteiger partial charge in [0.1, 0.15) is 5.60 Å². The molecular formula is C24H34N6O4. The first-order valence-corrected chi connectivity index (χ1v) is 11.6. The fraction of sp³-hybridized carbons (Fsp3) is 0.542. The monoisotopic (exact) mass is 470 g/mol. The van der Waals surface area contributed by atoms with Gasteiger partial charge in [0.15, 0.2) is 5.69 Å². The van der Waals surface area contributed by atoms with Gasteiger partial charge in [-0.3, -0.25) is 9.59 Å². The average molecular weight is 471 g/mol. The number of likely N-dealkylation sites (tertiary alicyclic amines) is 1. The highest BCUT2D eigenvalue weighted by Crippen LogP contribution is 2.20. The van der Waals surface area contributed by atoms with Crippen LogP contribution in [0.1, 0.15) is 55.4 Å². The number of alkyl carbamates (subject to hydrolysis) is 1. The van der Waals surface area contributed by atoms with Crippen molar-refractivity contribution in [3.05, 3.63) is 41.2 Å². The van der Waals surface area contributed by atoms with Crippen LogP contribution in [-0.4, -0.2) is 69.6 Å². The van der Waals surface area contributed by atoms with Gasteiger partial charge in [-0.05, 0) is 59.6 Å². The van der Waals surface area contributed by atoms with Gasteiger partial charge in [-0.1, -0.05) is 22.9 Å². The molecule has 2 N–H and O–H groups in total. The molecule has 0 radical (unpaired) electrons. The molecule has 1 saturated heterocycles. The number of ether oxygens (including phenoxy) is 1. The van der Waals surface area contributed by atoms with Crippen LogP contribution in [0.3, 0.4) is 0 Å². The van der Waals surface area contributed by atoms with E-state index in [1.54, 1.807) is 30.4 Å². The molecule has 3 rings (SSSR count). The lowest BCUT2D eigenvalue weighted by atomic mass is 9.96. The van der Waals surface area contributed by atoms with Gasteiger partial charge in [-0.15, -0.1) is 5.10 Å². The Balaban J connectivity index is 1.53. The molecule has 0 saturated carbocycles. The number of amides is 3. The van der Waals surface area contributed by atoms with Crippen molar-refractivity contribution >= 4 is 17.9 Å². The van der Waals surface area contributed by atoms with Crippen molar-refractivity contribution in [1.29, 1.82) is 0 Å². The zero-order valence-electron chi connectivity index (χ0n) is 20.6. The van der Waals surface area contributed by atoms with Crippen molar-refractivity contribution in [1.82, 2.24) is 30.5 Å². The molecule has 10 heteroatoms. The molecule has 1 aromatic heterocycles. The molecule has 1 aliphatic rings. The third kappa shape index (κ3) is 6.55. The van der Waals surface area contributed by atoms with Crippen molar-refractivity contribution in [2.24, 2.45) is 5.92 Å². The zero-order valence-corrected chi connectivity index (χ0v) is 20.6. The van der Waals surface area contributed by atoms with Gasteiger partial charge in [-0.25, -0.2) is 9.48 Å². The number of hydrogen-bond acceptors (Lipinski definition) is 6. The van der Waals surface area contributed by atoms with Crippen LogP contribution in [0.5, 0.6) is 0 Å². The molecule has 1 unspecified atom stereocenters. The van der Waals surface area contributed by atoms with Crippen LogP contribution < -0.4 is 10.6 Å². The zero-order chi connectivity index (χ0) is 24.9. The lowest BCUT2D eigenvalue weighted by molar-refractivity contribution is -0.126. The first-order chi connectivity index (χ1) is 16.0. The van der Waals surface area contributed by atoms with E-state index in [9.17, 15) is 14.4 Å². The number of aryl methyl sites for hydroxylation is 1. The highest BCUT2D eigenvalue weighted by Gasteiger charge is 2.31. The number of carbonyl (C=O) groups excluding carboxylic acids is 3. The topological polar surface area (TPSA) is 118 Å². The minimum Gasteiger partial charge on any atom is -0.444 e. The summed E-state index contributed by atoms with van der Waals surface area (Å²) in [7, 11) is 0. The highest BCUT2D eigenvalue weighted by molar-refractivity contribution is 5.94. The Bertz CT molecular complexity index is 1030. The quantitative estimate of drug-likeness (QED) is 0.626. The maximum Gasteiger partial charge on any atom is 0.407 e. The van der Waals surface area contributed by atoms with E-state index in [-0.39, 0.29) is 30.8 Å². The fourth-order valence-electron chi connectivity index (χ4n) is 3.79. The third-order valence-corrected chi connectivity index (χ3v) is 5.55. The molecule has 1 aromatic carbocycles. The molecule has 34 heavy (non-hydrogen) atoms. The molecule has 3 amide bonds. The van der Waals surface area contributed by atoms with Crippen LogP contribution in [-0.2, 0) is 9.53 Å². The van der Waals surface area contributed by atoms with E-state index < -0.39 is 11.7 Å². The van der Waals surface area contributed by atoms with Crippen LogP contribution in [0.4, 0.5) is 4.79 Å². The Labute approximate surface area is 200 Å². The van der Waals surface area contributed by atoms with E-state index in [0.717, 1.165) is 17.7 Å². The predicted molar refractivity (Wildman–Crippen MR) is 127 cm³/mol. The number of piperidine rings is 1. The Hall–Kier alpha value is -3.43. The molecule has 0 bridgehead atoms. The third-order valence-electron chi connectivity index (χ3n) is 5.55. The second-order valence-corrected chi connectivity index (χ2v) is 9.58. The van der Waals surface area contributed by atoms with E-state index >= 15 is 0 Å². The predicted octanol–water partition coefficient (Wildman–Crippen LogP) is 2.38. The van der Waals surface area contributed by atoms with Crippen LogP contribution in [0.15, 0.2) is 24.3 Å². The first kappa shape index (κ1) is 25.2. The number of aromatic nitrogens is 3. The number of nitrogens with one attached hydrogen (secondary N) is 2. The first-order valence-electron chi connectivity index (χ1n) is 11.6. The van der Waals surface area contributed by atoms with Crippen LogP contribution in [0, 0.1) is 19.8 Å². The molecule has 184 valence electrons. The van der Waals surface area contributed by atoms with Crippen molar-refractivity contribution in [3.8, 4) is 5.69 Å². The molecule has 10 nitrogen and oxygen atoms in total. The normalized spacial score (nSPS) is 16.1. The molecule has 2 heterocycles. The lowest BCUT2D eigenvalue weighted by Gasteiger charge is -2.31. The summed E-state index contributed by atoms with van der Waals surface area (Å²) in [5.74, 6) is -0.671. The van der Waals surface area contributed by atoms with Crippen molar-refractivity contribution in [2.45, 2.75) is 53.1 Å². The van der Waals surface area contributed by atoms with E-state index in [4.69, 9.17) is 4.74 Å². The molecule has 2 aromatic rings. The summed E-state index contributed by atoms with van der Waals surface area (Å²) in [6.07, 6.45) is 0.903. The smallest absolute Gasteiger partial charge is 0.407 e. The van der Waals surface area contributed by atoms with Gasteiger partial charge in [-0.2, -0.15) is 0 Å². The van der Waals surface area contributed by atoms with Gasteiger partial charge in [0.2, 0.25) is 5.91 Å². The number of benzene rings is 1. The molecule has 1 atom stereocenters. The highest BCUT2D eigenvalue weighted by atomic mass is 16.6. The van der Waals surface area contributed by atoms with Crippen LogP contribution in [0.2, 0.25) is 0 Å². The molecule has 1 aliphatic heterocycles. The van der Waals surface area contributed by atoms with Gasteiger partial charge < -0.3 is 20.3 Å². The Kier molecular flexibility index (Phi) is 7.90. The second-order valence-electron chi connectivity index (χ2n) is 9.58. The summed E-state index contributed by atoms with van der Waals surface area (Å²) < 4.78 is 6.82. The Morgan fingerprint density at radius 3 is 2.44 bits per heavy atom. The minimum absolute atomic E-state index is 0.136. The molecule has 0 aliphatic carbocycles. The number of rotatable bonds is 6. The molecule has 0 spiro atoms. The van der Waals surface area contributed by atoms with Crippen molar-refractivity contribution in [2.75, 3.05) is 26.2 Å². The fourth-order valence-corrected chi connectivity index (χ4v) is 3.79. The van der Waals surface area contributed by atoms with Crippen LogP contribution >= 0.6 is 0 Å². The Morgan fingerprint density at radius 1 is 1.09 bits per heavy atom. The van der Waals surface area contributed by atoms with Crippen molar-refractivity contribution < 1.29 is 19.1 Å². The average Bonchev–Trinajstić information content (AvgIpc) is 3.16. The van der Waals surface area contributed by atoms with Crippen molar-refractivity contribution in [3.63, 3.8) is 0 Å². The standard InChI is InChI=1S/C24H34N6O4/c1-16-8-10-19(11-9-16)30-17(2)20(27-28-30)22(32)29-14-6-7-18(15-29)21(31)25-12-13-26-23(33)34-24(3,4)5/h8-11,18H,6-7,12-15H2,1-5H3,(H,25,31)(H,26,33). The summed E-state index contributed by atoms with van der Waals surface area (Å²) >= 11 is 0. The summed E-state index contributed by atoms with van der Waals surface area (Å²) in [5.41, 5.74) is 2.35. The van der Waals surface area contributed by atoms with Gasteiger partial charge in [0, 0.05) is 26.2 Å². The SMILES string of the molecule is Cc1ccc(-n2nnc(C(=O)N3CCCC(C(=O)NCCNC(=O)OC(C)(C)C)C3)c2C)cc1.